The monoisotopic (exact) mass is 1330 g/mol. The van der Waals surface area contributed by atoms with Gasteiger partial charge in [-0.1, -0.05) is 300 Å². The van der Waals surface area contributed by atoms with Gasteiger partial charge >= 0.3 is 0 Å². The Balaban J connectivity index is 0.000000182. The van der Waals surface area contributed by atoms with Crippen LogP contribution in [-0.4, -0.2) is 13.2 Å². The van der Waals surface area contributed by atoms with Crippen molar-refractivity contribution in [3.8, 4) is 45.3 Å². The van der Waals surface area contributed by atoms with E-state index in [-0.39, 0.29) is 0 Å². The molecule has 0 unspecified atom stereocenters. The van der Waals surface area contributed by atoms with Gasteiger partial charge in [-0.3, -0.25) is 0 Å². The van der Waals surface area contributed by atoms with Gasteiger partial charge in [-0.05, 0) is 214 Å². The van der Waals surface area contributed by atoms with Crippen LogP contribution in [0.5, 0.6) is 23.0 Å². The fourth-order valence-electron chi connectivity index (χ4n) is 18.2. The molecule has 0 bridgehead atoms. The Morgan fingerprint density at radius 1 is 0.250 bits per heavy atom. The van der Waals surface area contributed by atoms with E-state index >= 15 is 0 Å². The SMILES string of the molecule is CCCC1CCC(c2ccc(COc3ccc4ccccc4c3-c3c(OCc4ccc(C5CCC(CCC)CC5)cc4)ccc4ccccc34)cc2)CC1.CCCCCC1CCC(COc2ccc3ccccc3c2-c2c(OCC3CCC(CCCCC)CC3)ccc3ccccc23)CC1. The molecular formula is C96H116O4. The van der Waals surface area contributed by atoms with E-state index in [0.29, 0.717) is 36.9 Å². The minimum absolute atomic E-state index is 0.516. The van der Waals surface area contributed by atoms with E-state index in [1.165, 1.54) is 256 Å². The normalized spacial score (nSPS) is 21.0. The van der Waals surface area contributed by atoms with Crippen LogP contribution in [0.25, 0.3) is 65.3 Å². The van der Waals surface area contributed by atoms with Crippen molar-refractivity contribution >= 4 is 43.1 Å². The lowest BCUT2D eigenvalue weighted by Crippen LogP contribution is -2.20. The molecule has 4 heteroatoms. The first kappa shape index (κ1) is 70.9. The summed E-state index contributed by atoms with van der Waals surface area (Å²) in [6.07, 6.45) is 37.9. The first-order valence-electron chi connectivity index (χ1n) is 40.2. The molecule has 4 aliphatic rings. The molecule has 100 heavy (non-hydrogen) atoms. The fraction of sp³-hybridized carbons (Fsp3) is 0.458. The van der Waals surface area contributed by atoms with Crippen molar-refractivity contribution in [2.45, 2.75) is 233 Å². The summed E-state index contributed by atoms with van der Waals surface area (Å²) in [6, 6.07) is 71.1. The van der Waals surface area contributed by atoms with Gasteiger partial charge in [0.25, 0.3) is 0 Å². The summed E-state index contributed by atoms with van der Waals surface area (Å²) in [5.74, 6) is 10.1. The highest BCUT2D eigenvalue weighted by molar-refractivity contribution is 6.11. The average Bonchev–Trinajstić information content (AvgIpc) is 0.759. The number of benzene rings is 10. The third-order valence-electron chi connectivity index (χ3n) is 24.2. The zero-order valence-electron chi connectivity index (χ0n) is 61.4. The lowest BCUT2D eigenvalue weighted by atomic mass is 9.77. The smallest absolute Gasteiger partial charge is 0.128 e. The summed E-state index contributed by atoms with van der Waals surface area (Å²) in [4.78, 5) is 0. The van der Waals surface area contributed by atoms with E-state index in [1.54, 1.807) is 0 Å². The second kappa shape index (κ2) is 35.8. The van der Waals surface area contributed by atoms with E-state index in [9.17, 15) is 0 Å². The van der Waals surface area contributed by atoms with E-state index in [2.05, 4.69) is 222 Å². The van der Waals surface area contributed by atoms with Crippen molar-refractivity contribution in [3.05, 3.63) is 216 Å². The molecule has 0 atom stereocenters. The fourth-order valence-corrected chi connectivity index (χ4v) is 18.2. The van der Waals surface area contributed by atoms with E-state index in [0.717, 1.165) is 71.0 Å². The Bertz CT molecular complexity index is 3880. The molecule has 4 saturated carbocycles. The van der Waals surface area contributed by atoms with Crippen molar-refractivity contribution in [3.63, 3.8) is 0 Å². The van der Waals surface area contributed by atoms with Gasteiger partial charge < -0.3 is 18.9 Å². The minimum Gasteiger partial charge on any atom is -0.493 e. The van der Waals surface area contributed by atoms with Crippen molar-refractivity contribution in [1.29, 1.82) is 0 Å². The Hall–Kier alpha value is -7.56. The van der Waals surface area contributed by atoms with Crippen molar-refractivity contribution in [2.75, 3.05) is 13.2 Å². The zero-order valence-corrected chi connectivity index (χ0v) is 61.4. The van der Waals surface area contributed by atoms with Crippen molar-refractivity contribution < 1.29 is 18.9 Å². The quantitative estimate of drug-likeness (QED) is 0.0458. The van der Waals surface area contributed by atoms with Crippen LogP contribution in [-0.2, 0) is 13.2 Å². The lowest BCUT2D eigenvalue weighted by molar-refractivity contribution is 0.177. The van der Waals surface area contributed by atoms with Gasteiger partial charge in [0.2, 0.25) is 0 Å². The second-order valence-electron chi connectivity index (χ2n) is 31.1. The minimum atomic E-state index is 0.516. The Morgan fingerprint density at radius 3 is 0.840 bits per heavy atom. The highest BCUT2D eigenvalue weighted by atomic mass is 16.5. The molecular weight excluding hydrogens is 1220 g/mol. The first-order valence-corrected chi connectivity index (χ1v) is 40.2. The maximum atomic E-state index is 6.87. The van der Waals surface area contributed by atoms with Crippen LogP contribution in [0.2, 0.25) is 0 Å². The molecule has 0 aromatic heterocycles. The summed E-state index contributed by atoms with van der Waals surface area (Å²) in [5, 5.41) is 9.70. The largest absolute Gasteiger partial charge is 0.493 e. The summed E-state index contributed by atoms with van der Waals surface area (Å²) in [7, 11) is 0. The number of ether oxygens (including phenoxy) is 4. The molecule has 0 amide bonds. The summed E-state index contributed by atoms with van der Waals surface area (Å²) < 4.78 is 27.4. The maximum absolute atomic E-state index is 6.87. The summed E-state index contributed by atoms with van der Waals surface area (Å²) >= 11 is 0. The molecule has 10 aromatic carbocycles. The molecule has 0 radical (unpaired) electrons. The topological polar surface area (TPSA) is 36.9 Å². The molecule has 524 valence electrons. The Kier molecular flexibility index (Phi) is 25.4. The molecule has 4 nitrogen and oxygen atoms in total. The summed E-state index contributed by atoms with van der Waals surface area (Å²) in [6.45, 7) is 11.9. The van der Waals surface area contributed by atoms with Gasteiger partial charge in [0, 0.05) is 22.3 Å². The van der Waals surface area contributed by atoms with Crippen LogP contribution in [0.3, 0.4) is 0 Å². The van der Waals surface area contributed by atoms with Crippen LogP contribution >= 0.6 is 0 Å². The summed E-state index contributed by atoms with van der Waals surface area (Å²) in [5.41, 5.74) is 9.94. The molecule has 0 heterocycles. The third-order valence-corrected chi connectivity index (χ3v) is 24.2. The number of hydrogen-bond donors (Lipinski definition) is 0. The highest BCUT2D eigenvalue weighted by Crippen LogP contribution is 2.49. The van der Waals surface area contributed by atoms with Gasteiger partial charge in [0.05, 0.1) is 13.2 Å². The van der Waals surface area contributed by atoms with Crippen molar-refractivity contribution in [1.82, 2.24) is 0 Å². The maximum Gasteiger partial charge on any atom is 0.128 e. The van der Waals surface area contributed by atoms with Gasteiger partial charge in [-0.15, -0.1) is 0 Å². The molecule has 0 spiro atoms. The molecule has 10 aromatic rings. The lowest BCUT2D eigenvalue weighted by Gasteiger charge is -2.29. The molecule has 0 saturated heterocycles. The van der Waals surface area contributed by atoms with Crippen LogP contribution < -0.4 is 18.9 Å². The first-order chi connectivity index (χ1) is 49.4. The average molecular weight is 1330 g/mol. The van der Waals surface area contributed by atoms with Crippen molar-refractivity contribution in [2.24, 2.45) is 35.5 Å². The van der Waals surface area contributed by atoms with E-state index in [1.807, 2.05) is 0 Å². The predicted molar refractivity (Wildman–Crippen MR) is 425 cm³/mol. The second-order valence-corrected chi connectivity index (χ2v) is 31.1. The van der Waals surface area contributed by atoms with E-state index in [4.69, 9.17) is 18.9 Å². The standard InChI is InChI=1S/C52H58O2.C44H58O2/c1-3-9-37-15-23-41(24-16-37)43-27-19-39(20-28-43)35-53-49-33-31-45-11-5-7-13-47(45)51(49)52-48-14-8-6-12-46(48)32-34-50(52)54-36-40-21-29-44(30-22-40)42-25-17-38(10-4-2)18-26-42;1-3-5-7-13-33-19-23-35(24-20-33)31-45-41-29-27-37-15-9-11-17-39(37)43(41)44-40-18-12-10-16-38(40)28-30-42(44)46-32-36-25-21-34(22-26-36)14-8-6-4-2/h5-8,11-14,19-22,27-34,37-38,41-42H,3-4,9-10,15-18,23-26,35-36H2,1-2H3;9-12,15-18,27-30,33-36H,3-8,13-14,19-26,31-32H2,1-2H3. The zero-order chi connectivity index (χ0) is 68.2. The number of hydrogen-bond acceptors (Lipinski definition) is 4. The van der Waals surface area contributed by atoms with Gasteiger partial charge in [0.15, 0.2) is 0 Å². The highest BCUT2D eigenvalue weighted by Gasteiger charge is 2.28. The number of rotatable bonds is 28. The van der Waals surface area contributed by atoms with Crippen LogP contribution in [0.15, 0.2) is 194 Å². The molecule has 0 N–H and O–H groups in total. The number of unbranched alkanes of at least 4 members (excludes halogenated alkanes) is 4. The van der Waals surface area contributed by atoms with E-state index < -0.39 is 0 Å². The van der Waals surface area contributed by atoms with Gasteiger partial charge in [-0.25, -0.2) is 0 Å². The van der Waals surface area contributed by atoms with Crippen LogP contribution in [0, 0.1) is 35.5 Å². The molecule has 0 aliphatic heterocycles. The van der Waals surface area contributed by atoms with Gasteiger partial charge in [0.1, 0.15) is 36.2 Å². The molecule has 14 rings (SSSR count). The third kappa shape index (κ3) is 18.0. The number of fused-ring (bicyclic) bond motifs is 4. The predicted octanol–water partition coefficient (Wildman–Crippen LogP) is 28.2. The van der Waals surface area contributed by atoms with Crippen LogP contribution in [0.1, 0.15) is 242 Å². The van der Waals surface area contributed by atoms with Gasteiger partial charge in [-0.2, -0.15) is 0 Å². The molecule has 4 aliphatic carbocycles. The molecule has 4 fully saturated rings. The Morgan fingerprint density at radius 2 is 0.530 bits per heavy atom. The van der Waals surface area contributed by atoms with Crippen LogP contribution in [0.4, 0.5) is 0 Å². The Labute approximate surface area is 601 Å².